The summed E-state index contributed by atoms with van der Waals surface area (Å²) in [5.74, 6) is 0.0486. The van der Waals surface area contributed by atoms with E-state index in [1.54, 1.807) is 0 Å². The Kier molecular flexibility index (Phi) is 5.03. The Morgan fingerprint density at radius 1 is 1.50 bits per heavy atom. The molecule has 0 radical (unpaired) electrons. The zero-order valence-electron chi connectivity index (χ0n) is 11.6. The van der Waals surface area contributed by atoms with E-state index in [1.807, 2.05) is 0 Å². The maximum atomic E-state index is 13.3. The normalized spacial score (nSPS) is 19.4. The van der Waals surface area contributed by atoms with Gasteiger partial charge in [-0.15, -0.1) is 0 Å². The van der Waals surface area contributed by atoms with Gasteiger partial charge in [0.2, 0.25) is 0 Å². The number of hydrogen-bond acceptors (Lipinski definition) is 4. The summed E-state index contributed by atoms with van der Waals surface area (Å²) in [6, 6.07) is 3.70. The standard InChI is InChI=1S/C14H20FN3O2/c1-2-17-4-3-11(10-17)8-16-9-12-5-13(15)7-14(6-12)18(19)20/h5-7,11,16H,2-4,8-10H2,1H3. The Morgan fingerprint density at radius 2 is 2.30 bits per heavy atom. The molecule has 1 saturated heterocycles. The average molecular weight is 281 g/mol. The lowest BCUT2D eigenvalue weighted by Crippen LogP contribution is -2.26. The van der Waals surface area contributed by atoms with Crippen molar-refractivity contribution in [1.82, 2.24) is 10.2 Å². The highest BCUT2D eigenvalue weighted by Crippen LogP contribution is 2.17. The molecule has 0 bridgehead atoms. The van der Waals surface area contributed by atoms with Gasteiger partial charge in [-0.3, -0.25) is 10.1 Å². The van der Waals surface area contributed by atoms with Gasteiger partial charge in [0.1, 0.15) is 5.82 Å². The van der Waals surface area contributed by atoms with Gasteiger partial charge in [-0.2, -0.15) is 0 Å². The number of nitro groups is 1. The Labute approximate surface area is 117 Å². The highest BCUT2D eigenvalue weighted by Gasteiger charge is 2.20. The first kappa shape index (κ1) is 14.9. The SMILES string of the molecule is CCN1CCC(CNCc2cc(F)cc([N+](=O)[O-])c2)C1. The second-order valence-corrected chi connectivity index (χ2v) is 5.25. The van der Waals surface area contributed by atoms with Gasteiger partial charge in [-0.1, -0.05) is 6.92 Å². The second kappa shape index (κ2) is 6.76. The van der Waals surface area contributed by atoms with E-state index in [1.165, 1.54) is 18.6 Å². The van der Waals surface area contributed by atoms with Gasteiger partial charge in [-0.25, -0.2) is 4.39 Å². The Bertz CT molecular complexity index is 481. The third kappa shape index (κ3) is 3.98. The van der Waals surface area contributed by atoms with Crippen LogP contribution in [0.25, 0.3) is 0 Å². The van der Waals surface area contributed by atoms with Crippen molar-refractivity contribution in [3.8, 4) is 0 Å². The molecule has 1 heterocycles. The zero-order chi connectivity index (χ0) is 14.5. The van der Waals surface area contributed by atoms with Crippen molar-refractivity contribution < 1.29 is 9.31 Å². The summed E-state index contributed by atoms with van der Waals surface area (Å²) in [7, 11) is 0. The number of benzene rings is 1. The smallest absolute Gasteiger partial charge is 0.272 e. The third-order valence-corrected chi connectivity index (χ3v) is 3.73. The van der Waals surface area contributed by atoms with Gasteiger partial charge >= 0.3 is 0 Å². The number of nitrogens with zero attached hydrogens (tertiary/aromatic N) is 2. The van der Waals surface area contributed by atoms with Crippen molar-refractivity contribution in [2.75, 3.05) is 26.2 Å². The molecule has 1 aliphatic heterocycles. The van der Waals surface area contributed by atoms with Crippen LogP contribution in [-0.2, 0) is 6.54 Å². The Morgan fingerprint density at radius 3 is 2.95 bits per heavy atom. The maximum absolute atomic E-state index is 13.3. The van der Waals surface area contributed by atoms with Gasteiger partial charge in [-0.05, 0) is 43.6 Å². The van der Waals surface area contributed by atoms with E-state index in [-0.39, 0.29) is 5.69 Å². The van der Waals surface area contributed by atoms with Crippen LogP contribution < -0.4 is 5.32 Å². The zero-order valence-corrected chi connectivity index (χ0v) is 11.6. The molecule has 2 rings (SSSR count). The molecule has 20 heavy (non-hydrogen) atoms. The fraction of sp³-hybridized carbons (Fsp3) is 0.571. The van der Waals surface area contributed by atoms with Gasteiger partial charge in [0.15, 0.2) is 0 Å². The van der Waals surface area contributed by atoms with Crippen LogP contribution in [0.3, 0.4) is 0 Å². The van der Waals surface area contributed by atoms with E-state index in [9.17, 15) is 14.5 Å². The van der Waals surface area contributed by atoms with Gasteiger partial charge in [0, 0.05) is 19.2 Å². The van der Waals surface area contributed by atoms with Gasteiger partial charge in [0.25, 0.3) is 5.69 Å². The molecular formula is C14H20FN3O2. The number of likely N-dealkylation sites (tertiary alicyclic amines) is 1. The minimum atomic E-state index is -0.567. The molecule has 5 nitrogen and oxygen atoms in total. The predicted octanol–water partition coefficient (Wildman–Crippen LogP) is 2.17. The van der Waals surface area contributed by atoms with Gasteiger partial charge in [0.05, 0.1) is 11.0 Å². The quantitative estimate of drug-likeness (QED) is 0.641. The maximum Gasteiger partial charge on any atom is 0.272 e. The second-order valence-electron chi connectivity index (χ2n) is 5.25. The molecule has 0 aliphatic carbocycles. The average Bonchev–Trinajstić information content (AvgIpc) is 2.86. The largest absolute Gasteiger partial charge is 0.312 e. The summed E-state index contributed by atoms with van der Waals surface area (Å²) >= 11 is 0. The van der Waals surface area contributed by atoms with Crippen LogP contribution in [-0.4, -0.2) is 36.0 Å². The van der Waals surface area contributed by atoms with E-state index in [0.29, 0.717) is 18.0 Å². The molecular weight excluding hydrogens is 261 g/mol. The highest BCUT2D eigenvalue weighted by atomic mass is 19.1. The van der Waals surface area contributed by atoms with Crippen LogP contribution in [0.4, 0.5) is 10.1 Å². The summed E-state index contributed by atoms with van der Waals surface area (Å²) in [4.78, 5) is 12.5. The molecule has 1 unspecified atom stereocenters. The molecule has 1 atom stereocenters. The van der Waals surface area contributed by atoms with Crippen molar-refractivity contribution in [3.05, 3.63) is 39.7 Å². The first-order valence-corrected chi connectivity index (χ1v) is 6.95. The molecule has 0 amide bonds. The Balaban J connectivity index is 1.84. The summed E-state index contributed by atoms with van der Waals surface area (Å²) in [6.07, 6.45) is 1.17. The van der Waals surface area contributed by atoms with E-state index >= 15 is 0 Å². The molecule has 0 saturated carbocycles. The van der Waals surface area contributed by atoms with Gasteiger partial charge < -0.3 is 10.2 Å². The molecule has 0 aromatic heterocycles. The first-order valence-electron chi connectivity index (χ1n) is 6.95. The van der Waals surface area contributed by atoms with E-state index in [4.69, 9.17) is 0 Å². The van der Waals surface area contributed by atoms with Crippen LogP contribution >= 0.6 is 0 Å². The van der Waals surface area contributed by atoms with Crippen molar-refractivity contribution in [2.24, 2.45) is 5.92 Å². The summed E-state index contributed by atoms with van der Waals surface area (Å²) < 4.78 is 13.3. The fourth-order valence-electron chi connectivity index (χ4n) is 2.63. The van der Waals surface area contributed by atoms with Crippen molar-refractivity contribution in [2.45, 2.75) is 19.9 Å². The lowest BCUT2D eigenvalue weighted by Gasteiger charge is -2.13. The molecule has 1 aromatic carbocycles. The topological polar surface area (TPSA) is 58.4 Å². The summed E-state index contributed by atoms with van der Waals surface area (Å²) in [6.45, 7) is 6.78. The lowest BCUT2D eigenvalue weighted by molar-refractivity contribution is -0.385. The molecule has 1 aromatic rings. The molecule has 110 valence electrons. The first-order chi connectivity index (χ1) is 9.58. The van der Waals surface area contributed by atoms with Crippen molar-refractivity contribution in [3.63, 3.8) is 0 Å². The van der Waals surface area contributed by atoms with Crippen molar-refractivity contribution >= 4 is 5.69 Å². The van der Waals surface area contributed by atoms with Crippen molar-refractivity contribution in [1.29, 1.82) is 0 Å². The third-order valence-electron chi connectivity index (χ3n) is 3.73. The van der Waals surface area contributed by atoms with E-state index in [2.05, 4.69) is 17.1 Å². The molecule has 0 spiro atoms. The lowest BCUT2D eigenvalue weighted by atomic mass is 10.1. The molecule has 1 N–H and O–H groups in total. The minimum Gasteiger partial charge on any atom is -0.312 e. The van der Waals surface area contributed by atoms with Crippen LogP contribution in [0, 0.1) is 21.8 Å². The number of non-ortho nitro benzene ring substituents is 1. The fourth-order valence-corrected chi connectivity index (χ4v) is 2.63. The monoisotopic (exact) mass is 281 g/mol. The summed E-state index contributed by atoms with van der Waals surface area (Å²) in [5.41, 5.74) is 0.418. The number of nitrogens with one attached hydrogen (secondary N) is 1. The predicted molar refractivity (Wildman–Crippen MR) is 75.0 cm³/mol. The number of hydrogen-bond donors (Lipinski definition) is 1. The number of nitro benzene ring substituents is 1. The summed E-state index contributed by atoms with van der Waals surface area (Å²) in [5, 5.41) is 13.9. The molecule has 1 aliphatic rings. The van der Waals surface area contributed by atoms with E-state index in [0.717, 1.165) is 32.2 Å². The number of rotatable bonds is 6. The van der Waals surface area contributed by atoms with E-state index < -0.39 is 10.7 Å². The van der Waals surface area contributed by atoms with Crippen LogP contribution in [0.1, 0.15) is 18.9 Å². The highest BCUT2D eigenvalue weighted by molar-refractivity contribution is 5.35. The molecule has 6 heteroatoms. The van der Waals surface area contributed by atoms with Crippen LogP contribution in [0.15, 0.2) is 18.2 Å². The van der Waals surface area contributed by atoms with Crippen LogP contribution in [0.2, 0.25) is 0 Å². The Hall–Kier alpha value is -1.53. The number of halogens is 1. The minimum absolute atomic E-state index is 0.195. The molecule has 1 fully saturated rings. The van der Waals surface area contributed by atoms with Crippen LogP contribution in [0.5, 0.6) is 0 Å².